The van der Waals surface area contributed by atoms with Gasteiger partial charge in [0.1, 0.15) is 0 Å². The van der Waals surface area contributed by atoms with Crippen LogP contribution in [0.3, 0.4) is 0 Å². The summed E-state index contributed by atoms with van der Waals surface area (Å²) in [6, 6.07) is 12.7. The molecule has 1 atom stereocenters. The molecule has 0 saturated heterocycles. The van der Waals surface area contributed by atoms with E-state index in [9.17, 15) is 0 Å². The van der Waals surface area contributed by atoms with Crippen LogP contribution in [-0.4, -0.2) is 21.1 Å². The van der Waals surface area contributed by atoms with Crippen LogP contribution in [0, 0.1) is 23.7 Å². The van der Waals surface area contributed by atoms with Crippen LogP contribution >= 0.6 is 15.8 Å². The molecule has 0 N–H and O–H groups in total. The molecule has 4 saturated carbocycles. The van der Waals surface area contributed by atoms with Crippen LogP contribution in [0.25, 0.3) is 0 Å². The van der Waals surface area contributed by atoms with Gasteiger partial charge in [-0.2, -0.15) is 16.7 Å². The average Bonchev–Trinajstić information content (AvgIpc) is 3.50. The molecule has 4 aliphatic rings. The van der Waals surface area contributed by atoms with Gasteiger partial charge in [0.25, 0.3) is 0 Å². The quantitative estimate of drug-likeness (QED) is 0.166. The summed E-state index contributed by atoms with van der Waals surface area (Å²) in [6.07, 6.45) is 10.4. The summed E-state index contributed by atoms with van der Waals surface area (Å²) in [7, 11) is -0.280. The smallest absolute Gasteiger partial charge is 0 e. The van der Waals surface area contributed by atoms with Gasteiger partial charge in [-0.1, -0.05) is 123 Å². The molecule has 0 aromatic heterocycles. The maximum absolute atomic E-state index is 2.73. The topological polar surface area (TPSA) is 0 Å². The van der Waals surface area contributed by atoms with Crippen LogP contribution in [0.4, 0.5) is 0 Å². The molecule has 0 radical (unpaired) electrons. The minimum absolute atomic E-state index is 0. The third-order valence-electron chi connectivity index (χ3n) is 11.1. The Balaban J connectivity index is 0.000000837. The third-order valence-corrected chi connectivity index (χ3v) is 18.9. The monoisotopic (exact) mass is 692 g/mol. The summed E-state index contributed by atoms with van der Waals surface area (Å²) >= 11 is 0. The summed E-state index contributed by atoms with van der Waals surface area (Å²) in [5, 5.41) is 1.10. The Bertz CT molecular complexity index is 1140. The van der Waals surface area contributed by atoms with Gasteiger partial charge in [-0.25, -0.2) is 6.07 Å². The first kappa shape index (κ1) is 39.5. The Kier molecular flexibility index (Phi) is 12.4. The number of rotatable bonds is 5. The Labute approximate surface area is 294 Å². The molecule has 45 heavy (non-hydrogen) atoms. The molecule has 4 bridgehead atoms. The minimum Gasteiger partial charge on any atom is -0.748 e. The Morgan fingerprint density at radius 1 is 0.622 bits per heavy atom. The van der Waals surface area contributed by atoms with E-state index in [1.165, 1.54) is 12.3 Å². The molecular formula is C42H70FeP2-6. The van der Waals surface area contributed by atoms with Gasteiger partial charge in [-0.05, 0) is 88.5 Å². The van der Waals surface area contributed by atoms with Crippen molar-refractivity contribution in [1.82, 2.24) is 0 Å². The minimum atomic E-state index is -0.176. The molecule has 0 nitrogen and oxygen atoms in total. The van der Waals surface area contributed by atoms with E-state index >= 15 is 0 Å². The summed E-state index contributed by atoms with van der Waals surface area (Å²) in [5.74, 6) is 4.17. The van der Waals surface area contributed by atoms with Gasteiger partial charge in [-0.3, -0.25) is 0 Å². The van der Waals surface area contributed by atoms with Crippen molar-refractivity contribution in [2.75, 3.05) is 0 Å². The van der Waals surface area contributed by atoms with Crippen molar-refractivity contribution in [3.63, 3.8) is 0 Å². The van der Waals surface area contributed by atoms with Crippen molar-refractivity contribution in [3.8, 4) is 0 Å². The van der Waals surface area contributed by atoms with Gasteiger partial charge in [0.2, 0.25) is 0 Å². The van der Waals surface area contributed by atoms with E-state index in [4.69, 9.17) is 0 Å². The molecule has 1 unspecified atom stereocenters. The largest absolute Gasteiger partial charge is 0.748 e. The molecular weight excluding hydrogens is 622 g/mol. The Morgan fingerprint density at radius 2 is 1.04 bits per heavy atom. The van der Waals surface area contributed by atoms with Gasteiger partial charge in [0.15, 0.2) is 0 Å². The van der Waals surface area contributed by atoms with E-state index in [0.29, 0.717) is 15.5 Å². The van der Waals surface area contributed by atoms with E-state index in [1.54, 1.807) is 48.8 Å². The van der Waals surface area contributed by atoms with Crippen LogP contribution in [0.15, 0.2) is 36.4 Å². The molecule has 4 aliphatic carbocycles. The van der Waals surface area contributed by atoms with Crippen molar-refractivity contribution in [2.45, 2.75) is 180 Å². The first-order valence-electron chi connectivity index (χ1n) is 18.0. The fraction of sp³-hybridized carbons (Fsp3) is 0.762. The molecule has 2 aromatic carbocycles. The van der Waals surface area contributed by atoms with Gasteiger partial charge < -0.3 is 30.3 Å². The molecule has 2 aromatic rings. The second kappa shape index (κ2) is 14.1. The Morgan fingerprint density at radius 3 is 1.38 bits per heavy atom. The third kappa shape index (κ3) is 9.41. The summed E-state index contributed by atoms with van der Waals surface area (Å²) in [5.41, 5.74) is 8.26. The van der Waals surface area contributed by atoms with Crippen LogP contribution in [-0.2, 0) is 40.2 Å². The molecule has 4 fully saturated rings. The predicted molar refractivity (Wildman–Crippen MR) is 203 cm³/mol. The van der Waals surface area contributed by atoms with Crippen LogP contribution in [0.2, 0.25) is 0 Å². The van der Waals surface area contributed by atoms with E-state index < -0.39 is 0 Å². The second-order valence-electron chi connectivity index (χ2n) is 20.0. The zero-order valence-corrected chi connectivity index (χ0v) is 34.9. The first-order chi connectivity index (χ1) is 20.0. The summed E-state index contributed by atoms with van der Waals surface area (Å²) < 4.78 is 0. The van der Waals surface area contributed by atoms with Gasteiger partial charge in [0.05, 0.1) is 0 Å². The van der Waals surface area contributed by atoms with E-state index in [2.05, 4.69) is 110 Å². The fourth-order valence-electron chi connectivity index (χ4n) is 9.76. The number of hydrogen-bond acceptors (Lipinski definition) is 0. The van der Waals surface area contributed by atoms with E-state index in [-0.39, 0.29) is 43.7 Å². The van der Waals surface area contributed by atoms with Crippen molar-refractivity contribution in [2.24, 2.45) is 23.7 Å². The second-order valence-corrected chi connectivity index (χ2v) is 27.1. The molecule has 6 rings (SSSR count). The maximum Gasteiger partial charge on any atom is 0 e. The molecule has 0 amide bonds. The molecule has 3 heteroatoms. The fourth-order valence-corrected chi connectivity index (χ4v) is 17.1. The van der Waals surface area contributed by atoms with Crippen molar-refractivity contribution < 1.29 is 17.1 Å². The van der Waals surface area contributed by atoms with Crippen LogP contribution in [0.1, 0.15) is 158 Å². The average molecular weight is 693 g/mol. The number of hydrogen-bond donors (Lipinski definition) is 0. The maximum atomic E-state index is 2.73. The van der Waals surface area contributed by atoms with Crippen LogP contribution < -0.4 is 0 Å². The van der Waals surface area contributed by atoms with Crippen molar-refractivity contribution in [1.29, 1.82) is 0 Å². The predicted octanol–water partition coefficient (Wildman–Crippen LogP) is 13.6. The van der Waals surface area contributed by atoms with Crippen LogP contribution in [0.5, 0.6) is 0 Å². The van der Waals surface area contributed by atoms with E-state index in [1.807, 2.05) is 35.9 Å². The van der Waals surface area contributed by atoms with Gasteiger partial charge in [-0.15, -0.1) is 13.5 Å². The van der Waals surface area contributed by atoms with Crippen molar-refractivity contribution in [3.05, 3.63) is 58.7 Å². The van der Waals surface area contributed by atoms with E-state index in [0.717, 1.165) is 29.3 Å². The zero-order chi connectivity index (χ0) is 33.0. The summed E-state index contributed by atoms with van der Waals surface area (Å²) in [4.78, 5) is 0. The Hall–Kier alpha value is 0.0795. The summed E-state index contributed by atoms with van der Waals surface area (Å²) in [6.45, 7) is 37.8. The normalized spacial score (nSPS) is 26.0. The van der Waals surface area contributed by atoms with Gasteiger partial charge in [0, 0.05) is 17.1 Å². The molecule has 0 heterocycles. The SMILES string of the molecule is CC(C)(C)c1cc(CP(C(C)(C)C)C(C)(C)C)[c-](CP(C2C3CC4CC(C3)CC2C4)C(C)(C)C)c1C(C)(C)C.[Fe].[cH-]1[cH-][cH-][cH-][cH-]1. The zero-order valence-electron chi connectivity index (χ0n) is 32.0. The van der Waals surface area contributed by atoms with Crippen molar-refractivity contribution >= 4 is 15.8 Å². The molecule has 262 valence electrons. The van der Waals surface area contributed by atoms with Gasteiger partial charge >= 0.3 is 0 Å². The molecule has 0 spiro atoms. The first-order valence-corrected chi connectivity index (χ1v) is 21.1. The molecule has 0 aliphatic heterocycles. The standard InChI is InChI=1S/C37H65P2.C5H5.Fe/c1-33(2,3)30-21-28(22-39(36(10,11)12)37(13,14)15)29(31(30)34(4,5)6)23-38(35(7,8)9)32-26-17-24-16-25(19-26)20-27(32)18-24;1-2-4-5-3-1;/h21,24-27,32H,16-20,22-23H2,1-15H3;1-5H;/q-1;-5;.